The van der Waals surface area contributed by atoms with Gasteiger partial charge < -0.3 is 4.42 Å². The molecule has 2 aromatic rings. The molecule has 0 saturated carbocycles. The van der Waals surface area contributed by atoms with Crippen molar-refractivity contribution in [1.29, 1.82) is 0 Å². The Morgan fingerprint density at radius 3 is 2.59 bits per heavy atom. The fourth-order valence-electron chi connectivity index (χ4n) is 2.27. The molecule has 0 aliphatic carbocycles. The highest BCUT2D eigenvalue weighted by Gasteiger charge is 2.12. The van der Waals surface area contributed by atoms with E-state index < -0.39 is 23.0 Å². The molecule has 0 atom stereocenters. The van der Waals surface area contributed by atoms with Gasteiger partial charge in [-0.1, -0.05) is 6.92 Å². The van der Waals surface area contributed by atoms with Crippen molar-refractivity contribution in [1.82, 2.24) is 9.97 Å². The Bertz CT molecular complexity index is 883. The van der Waals surface area contributed by atoms with Gasteiger partial charge >= 0.3 is 11.3 Å². The summed E-state index contributed by atoms with van der Waals surface area (Å²) >= 11 is 0. The molecule has 6 nitrogen and oxygen atoms in total. The molecule has 0 aliphatic heterocycles. The minimum Gasteiger partial charge on any atom is -0.405 e. The number of fused-ring (bicyclic) bond motifs is 1. The lowest BCUT2D eigenvalue weighted by molar-refractivity contribution is 0.403. The second-order valence-corrected chi connectivity index (χ2v) is 4.77. The lowest BCUT2D eigenvalue weighted by atomic mass is 10.0. The number of aromatic nitrogens is 2. The number of allylic oxidation sites excluding steroid dienone is 1. The van der Waals surface area contributed by atoms with Gasteiger partial charge in [-0.2, -0.15) is 8.78 Å². The van der Waals surface area contributed by atoms with Crippen molar-refractivity contribution in [2.45, 2.75) is 32.6 Å². The molecule has 0 bridgehead atoms. The van der Waals surface area contributed by atoms with Crippen molar-refractivity contribution >= 4 is 11.1 Å². The topological polar surface area (TPSA) is 95.9 Å². The summed E-state index contributed by atoms with van der Waals surface area (Å²) in [5.41, 5.74) is -1.98. The van der Waals surface area contributed by atoms with Crippen LogP contribution < -0.4 is 16.9 Å². The Hall–Kier alpha value is -2.51. The van der Waals surface area contributed by atoms with E-state index in [1.165, 1.54) is 0 Å². The average molecular weight is 312 g/mol. The molecule has 0 fully saturated rings. The number of aromatic amines is 2. The zero-order valence-electron chi connectivity index (χ0n) is 11.8. The van der Waals surface area contributed by atoms with Crippen LogP contribution in [-0.4, -0.2) is 9.97 Å². The monoisotopic (exact) mass is 312 g/mol. The standard InChI is InChI=1S/C14H14F2N2O4/c1-2-7(11(15)16)4-3-5-8-6-9(19)22-13-10(8)12(20)17-14(21)18-13/h6H,2-5H2,1H3,(H2,17,18,20,21). The highest BCUT2D eigenvalue weighted by Crippen LogP contribution is 2.19. The highest BCUT2D eigenvalue weighted by atomic mass is 19.3. The van der Waals surface area contributed by atoms with Crippen LogP contribution in [0.1, 0.15) is 31.7 Å². The van der Waals surface area contributed by atoms with Crippen LogP contribution in [0.3, 0.4) is 0 Å². The number of H-pyrrole nitrogens is 2. The molecule has 2 N–H and O–H groups in total. The number of rotatable bonds is 5. The predicted octanol–water partition coefficient (Wildman–Crippen LogP) is 2.05. The lowest BCUT2D eigenvalue weighted by Gasteiger charge is -2.05. The third-order valence-corrected chi connectivity index (χ3v) is 3.34. The van der Waals surface area contributed by atoms with Crippen LogP contribution in [0.5, 0.6) is 0 Å². The Labute approximate surface area is 122 Å². The molecule has 0 aromatic carbocycles. The predicted molar refractivity (Wildman–Crippen MR) is 76.2 cm³/mol. The van der Waals surface area contributed by atoms with Crippen molar-refractivity contribution in [2.24, 2.45) is 0 Å². The Balaban J connectivity index is 2.36. The van der Waals surface area contributed by atoms with Crippen molar-refractivity contribution in [3.63, 3.8) is 0 Å². The summed E-state index contributed by atoms with van der Waals surface area (Å²) in [6, 6.07) is 1.14. The quantitative estimate of drug-likeness (QED) is 0.883. The zero-order valence-corrected chi connectivity index (χ0v) is 11.8. The van der Waals surface area contributed by atoms with Gasteiger partial charge in [0, 0.05) is 6.07 Å². The van der Waals surface area contributed by atoms with Crippen LogP contribution >= 0.6 is 0 Å². The molecule has 0 saturated heterocycles. The maximum atomic E-state index is 12.6. The molecule has 0 radical (unpaired) electrons. The molecule has 0 amide bonds. The van der Waals surface area contributed by atoms with E-state index in [9.17, 15) is 23.2 Å². The minimum absolute atomic E-state index is 0.0505. The fourth-order valence-corrected chi connectivity index (χ4v) is 2.27. The van der Waals surface area contributed by atoms with E-state index in [1.54, 1.807) is 6.92 Å². The zero-order chi connectivity index (χ0) is 16.3. The number of nitrogens with one attached hydrogen (secondary N) is 2. The minimum atomic E-state index is -1.69. The summed E-state index contributed by atoms with van der Waals surface area (Å²) in [6.07, 6.45) is -0.691. The Morgan fingerprint density at radius 2 is 1.95 bits per heavy atom. The third kappa shape index (κ3) is 3.38. The molecule has 22 heavy (non-hydrogen) atoms. The molecule has 0 spiro atoms. The van der Waals surface area contributed by atoms with E-state index in [-0.39, 0.29) is 35.9 Å². The molecule has 0 aliphatic rings. The smallest absolute Gasteiger partial charge is 0.337 e. The van der Waals surface area contributed by atoms with Gasteiger partial charge in [-0.15, -0.1) is 0 Å². The van der Waals surface area contributed by atoms with Crippen molar-refractivity contribution in [2.75, 3.05) is 0 Å². The molecule has 118 valence electrons. The van der Waals surface area contributed by atoms with Gasteiger partial charge in [0.1, 0.15) is 5.39 Å². The van der Waals surface area contributed by atoms with Crippen LogP contribution in [-0.2, 0) is 6.42 Å². The van der Waals surface area contributed by atoms with Crippen molar-refractivity contribution < 1.29 is 13.2 Å². The number of halogens is 2. The first-order chi connectivity index (χ1) is 10.4. The molecule has 8 heteroatoms. The van der Waals surface area contributed by atoms with Gasteiger partial charge in [0.05, 0.1) is 0 Å². The number of hydrogen-bond donors (Lipinski definition) is 2. The van der Waals surface area contributed by atoms with Crippen LogP contribution in [0.4, 0.5) is 8.78 Å². The maximum absolute atomic E-state index is 12.6. The van der Waals surface area contributed by atoms with E-state index in [0.29, 0.717) is 12.0 Å². The van der Waals surface area contributed by atoms with E-state index in [2.05, 4.69) is 4.98 Å². The number of hydrogen-bond acceptors (Lipinski definition) is 4. The highest BCUT2D eigenvalue weighted by molar-refractivity contribution is 5.75. The molecule has 2 aromatic heterocycles. The van der Waals surface area contributed by atoms with Crippen molar-refractivity contribution in [3.8, 4) is 0 Å². The second kappa shape index (κ2) is 6.50. The van der Waals surface area contributed by atoms with Crippen LogP contribution in [0.25, 0.3) is 11.1 Å². The molecule has 2 heterocycles. The summed E-state index contributed by atoms with van der Waals surface area (Å²) in [4.78, 5) is 38.7. The summed E-state index contributed by atoms with van der Waals surface area (Å²) in [6.45, 7) is 1.64. The van der Waals surface area contributed by atoms with E-state index in [0.717, 1.165) is 6.07 Å². The second-order valence-electron chi connectivity index (χ2n) is 4.77. The summed E-state index contributed by atoms with van der Waals surface area (Å²) < 4.78 is 29.9. The van der Waals surface area contributed by atoms with Gasteiger partial charge in [0.15, 0.2) is 0 Å². The van der Waals surface area contributed by atoms with Crippen LogP contribution in [0.2, 0.25) is 0 Å². The first-order valence-corrected chi connectivity index (χ1v) is 6.74. The maximum Gasteiger partial charge on any atom is 0.337 e. The third-order valence-electron chi connectivity index (χ3n) is 3.34. The van der Waals surface area contributed by atoms with Gasteiger partial charge in [0.25, 0.3) is 11.6 Å². The summed E-state index contributed by atoms with van der Waals surface area (Å²) in [7, 11) is 0. The van der Waals surface area contributed by atoms with E-state index in [1.807, 2.05) is 4.98 Å². The largest absolute Gasteiger partial charge is 0.405 e. The SMILES string of the molecule is CCC(CCCc1cc(=O)oc2[nH]c(=O)[nH]c(=O)c12)=C(F)F. The average Bonchev–Trinajstić information content (AvgIpc) is 2.41. The Kier molecular flexibility index (Phi) is 4.69. The summed E-state index contributed by atoms with van der Waals surface area (Å²) in [5.74, 6) is 0. The molecular formula is C14H14F2N2O4. The van der Waals surface area contributed by atoms with Gasteiger partial charge in [-0.25, -0.2) is 9.59 Å². The van der Waals surface area contributed by atoms with Gasteiger partial charge in [-0.3, -0.25) is 14.8 Å². The lowest BCUT2D eigenvalue weighted by Crippen LogP contribution is -2.24. The first kappa shape index (κ1) is 15.9. The van der Waals surface area contributed by atoms with Gasteiger partial charge in [0.2, 0.25) is 5.71 Å². The van der Waals surface area contributed by atoms with Crippen molar-refractivity contribution in [3.05, 3.63) is 54.5 Å². The van der Waals surface area contributed by atoms with Gasteiger partial charge in [-0.05, 0) is 36.8 Å². The van der Waals surface area contributed by atoms with Crippen LogP contribution in [0.15, 0.2) is 36.5 Å². The normalized spacial score (nSPS) is 10.9. The van der Waals surface area contributed by atoms with Crippen LogP contribution in [0, 0.1) is 0 Å². The number of aryl methyl sites for hydroxylation is 1. The Morgan fingerprint density at radius 1 is 1.23 bits per heavy atom. The summed E-state index contributed by atoms with van der Waals surface area (Å²) in [5, 5.41) is 0.0574. The fraction of sp³-hybridized carbons (Fsp3) is 0.357. The molecule has 2 rings (SSSR count). The van der Waals surface area contributed by atoms with E-state index in [4.69, 9.17) is 4.42 Å². The van der Waals surface area contributed by atoms with E-state index >= 15 is 0 Å². The molecular weight excluding hydrogens is 298 g/mol. The molecule has 0 unspecified atom stereocenters. The first-order valence-electron chi connectivity index (χ1n) is 6.74.